The quantitative estimate of drug-likeness (QED) is 0.588. The molecule has 1 atom stereocenters. The van der Waals surface area contributed by atoms with Crippen LogP contribution in [0.3, 0.4) is 0 Å². The van der Waals surface area contributed by atoms with E-state index in [1.54, 1.807) is 24.8 Å². The van der Waals surface area contributed by atoms with Crippen molar-refractivity contribution in [2.75, 3.05) is 12.3 Å². The minimum atomic E-state index is -0.531. The van der Waals surface area contributed by atoms with Crippen molar-refractivity contribution in [3.63, 3.8) is 0 Å². The molecular weight excluding hydrogens is 389 g/mol. The Morgan fingerprint density at radius 1 is 1.15 bits per heavy atom. The fraction of sp³-hybridized carbons (Fsp3) is 0.350. The zero-order chi connectivity index (χ0) is 19.1. The van der Waals surface area contributed by atoms with Crippen molar-refractivity contribution in [1.29, 1.82) is 0 Å². The van der Waals surface area contributed by atoms with Gasteiger partial charge in [0.1, 0.15) is 5.75 Å². The summed E-state index contributed by atoms with van der Waals surface area (Å²) in [6, 6.07) is 11.6. The summed E-state index contributed by atoms with van der Waals surface area (Å²) < 4.78 is 5.77. The molecule has 0 spiro atoms. The monoisotopic (exact) mass is 411 g/mol. The number of halogens is 2. The third-order valence-corrected chi connectivity index (χ3v) is 5.57. The fourth-order valence-electron chi connectivity index (χ4n) is 2.39. The average Bonchev–Trinajstić information content (AvgIpc) is 2.59. The summed E-state index contributed by atoms with van der Waals surface area (Å²) in [5, 5.41) is 4.03. The second kappa shape index (κ2) is 10.1. The second-order valence-electron chi connectivity index (χ2n) is 6.12. The minimum absolute atomic E-state index is 0.111. The standard InChI is InChI=1S/C20H23Cl2NO2S/c1-13-4-7-19(14(2)10-13)25-15(3)20(24)23-8-9-26-12-16-5-6-17(21)18(22)11-16/h4-7,10-11,15H,8-9,12H2,1-3H3,(H,23,24)/t15-/m0/s1. The van der Waals surface area contributed by atoms with Crippen molar-refractivity contribution in [3.8, 4) is 5.75 Å². The van der Waals surface area contributed by atoms with E-state index in [0.717, 1.165) is 28.4 Å². The van der Waals surface area contributed by atoms with Crippen molar-refractivity contribution in [1.82, 2.24) is 5.32 Å². The van der Waals surface area contributed by atoms with E-state index in [1.165, 1.54) is 5.56 Å². The molecule has 0 aliphatic carbocycles. The van der Waals surface area contributed by atoms with Gasteiger partial charge in [-0.1, -0.05) is 47.0 Å². The Morgan fingerprint density at radius 2 is 1.92 bits per heavy atom. The molecule has 140 valence electrons. The predicted octanol–water partition coefficient (Wildman–Crippen LogP) is 5.43. The Labute approximate surface area is 169 Å². The lowest BCUT2D eigenvalue weighted by Gasteiger charge is -2.16. The molecular formula is C20H23Cl2NO2S. The van der Waals surface area contributed by atoms with E-state index >= 15 is 0 Å². The first-order valence-corrected chi connectivity index (χ1v) is 10.3. The van der Waals surface area contributed by atoms with Crippen LogP contribution in [-0.4, -0.2) is 24.3 Å². The number of carbonyl (C=O) groups is 1. The summed E-state index contributed by atoms with van der Waals surface area (Å²) in [4.78, 5) is 12.2. The van der Waals surface area contributed by atoms with Gasteiger partial charge in [0.15, 0.2) is 6.10 Å². The Hall–Kier alpha value is -1.36. The number of aryl methyl sites for hydroxylation is 2. The number of thioether (sulfide) groups is 1. The van der Waals surface area contributed by atoms with Gasteiger partial charge in [0, 0.05) is 18.1 Å². The Balaban J connectivity index is 1.70. The molecule has 0 bridgehead atoms. The Bertz CT molecular complexity index is 767. The molecule has 0 heterocycles. The maximum absolute atomic E-state index is 12.2. The van der Waals surface area contributed by atoms with Crippen LogP contribution < -0.4 is 10.1 Å². The smallest absolute Gasteiger partial charge is 0.260 e. The molecule has 0 aromatic heterocycles. The third kappa shape index (κ3) is 6.42. The number of benzene rings is 2. The van der Waals surface area contributed by atoms with Gasteiger partial charge in [0.2, 0.25) is 0 Å². The number of carbonyl (C=O) groups excluding carboxylic acids is 1. The van der Waals surface area contributed by atoms with Crippen LogP contribution in [0.5, 0.6) is 5.75 Å². The Kier molecular flexibility index (Phi) is 8.14. The molecule has 0 fully saturated rings. The van der Waals surface area contributed by atoms with E-state index in [2.05, 4.69) is 5.32 Å². The van der Waals surface area contributed by atoms with Gasteiger partial charge in [0.25, 0.3) is 5.91 Å². The van der Waals surface area contributed by atoms with E-state index in [9.17, 15) is 4.79 Å². The van der Waals surface area contributed by atoms with Crippen molar-refractivity contribution in [2.45, 2.75) is 32.6 Å². The number of hydrogen-bond acceptors (Lipinski definition) is 3. The zero-order valence-electron chi connectivity index (χ0n) is 15.1. The molecule has 26 heavy (non-hydrogen) atoms. The van der Waals surface area contributed by atoms with E-state index in [0.29, 0.717) is 16.6 Å². The number of rotatable bonds is 8. The number of nitrogens with one attached hydrogen (secondary N) is 1. The summed E-state index contributed by atoms with van der Waals surface area (Å²) in [5.41, 5.74) is 3.31. The van der Waals surface area contributed by atoms with Crippen LogP contribution in [0.15, 0.2) is 36.4 Å². The molecule has 1 N–H and O–H groups in total. The molecule has 2 aromatic rings. The zero-order valence-corrected chi connectivity index (χ0v) is 17.5. The highest BCUT2D eigenvalue weighted by Gasteiger charge is 2.15. The van der Waals surface area contributed by atoms with Gasteiger partial charge in [0.05, 0.1) is 10.0 Å². The molecule has 1 amide bonds. The van der Waals surface area contributed by atoms with Crippen LogP contribution in [0.25, 0.3) is 0 Å². The van der Waals surface area contributed by atoms with Crippen LogP contribution in [0.4, 0.5) is 0 Å². The summed E-state index contributed by atoms with van der Waals surface area (Å²) in [5.74, 6) is 2.26. The predicted molar refractivity (Wildman–Crippen MR) is 112 cm³/mol. The van der Waals surface area contributed by atoms with Gasteiger partial charge in [-0.15, -0.1) is 0 Å². The topological polar surface area (TPSA) is 38.3 Å². The van der Waals surface area contributed by atoms with E-state index in [1.807, 2.05) is 44.2 Å². The largest absolute Gasteiger partial charge is 0.481 e. The van der Waals surface area contributed by atoms with E-state index in [4.69, 9.17) is 27.9 Å². The lowest BCUT2D eigenvalue weighted by atomic mass is 10.1. The summed E-state index contributed by atoms with van der Waals surface area (Å²) in [7, 11) is 0. The van der Waals surface area contributed by atoms with Gasteiger partial charge in [-0.05, 0) is 50.1 Å². The summed E-state index contributed by atoms with van der Waals surface area (Å²) in [6.07, 6.45) is -0.531. The number of amides is 1. The van der Waals surface area contributed by atoms with Crippen LogP contribution in [-0.2, 0) is 10.5 Å². The highest BCUT2D eigenvalue weighted by atomic mass is 35.5. The highest BCUT2D eigenvalue weighted by Crippen LogP contribution is 2.24. The first kappa shape index (κ1) is 20.9. The molecule has 3 nitrogen and oxygen atoms in total. The molecule has 6 heteroatoms. The SMILES string of the molecule is Cc1ccc(O[C@@H](C)C(=O)NCCSCc2ccc(Cl)c(Cl)c2)c(C)c1. The van der Waals surface area contributed by atoms with Crippen LogP contribution in [0, 0.1) is 13.8 Å². The van der Waals surface area contributed by atoms with E-state index < -0.39 is 6.10 Å². The lowest BCUT2D eigenvalue weighted by molar-refractivity contribution is -0.127. The molecule has 2 aromatic carbocycles. The highest BCUT2D eigenvalue weighted by molar-refractivity contribution is 7.98. The van der Waals surface area contributed by atoms with Gasteiger partial charge in [-0.3, -0.25) is 4.79 Å². The van der Waals surface area contributed by atoms with Crippen molar-refractivity contribution < 1.29 is 9.53 Å². The van der Waals surface area contributed by atoms with Crippen LogP contribution in [0.1, 0.15) is 23.6 Å². The van der Waals surface area contributed by atoms with Gasteiger partial charge in [-0.2, -0.15) is 11.8 Å². The normalized spacial score (nSPS) is 11.9. The molecule has 0 radical (unpaired) electrons. The summed E-state index contributed by atoms with van der Waals surface area (Å²) in [6.45, 7) is 6.36. The first-order chi connectivity index (χ1) is 12.4. The molecule has 2 rings (SSSR count). The minimum Gasteiger partial charge on any atom is -0.481 e. The molecule has 0 saturated carbocycles. The van der Waals surface area contributed by atoms with E-state index in [-0.39, 0.29) is 5.91 Å². The maximum atomic E-state index is 12.2. The van der Waals surface area contributed by atoms with Gasteiger partial charge in [-0.25, -0.2) is 0 Å². The molecule has 0 aliphatic heterocycles. The number of ether oxygens (including phenoxy) is 1. The van der Waals surface area contributed by atoms with Crippen molar-refractivity contribution in [3.05, 3.63) is 63.1 Å². The van der Waals surface area contributed by atoms with Crippen molar-refractivity contribution in [2.24, 2.45) is 0 Å². The second-order valence-corrected chi connectivity index (χ2v) is 8.04. The van der Waals surface area contributed by atoms with Crippen LogP contribution in [0.2, 0.25) is 10.0 Å². The summed E-state index contributed by atoms with van der Waals surface area (Å²) >= 11 is 13.6. The average molecular weight is 412 g/mol. The van der Waals surface area contributed by atoms with Gasteiger partial charge >= 0.3 is 0 Å². The Morgan fingerprint density at radius 3 is 2.62 bits per heavy atom. The van der Waals surface area contributed by atoms with Crippen molar-refractivity contribution >= 4 is 40.9 Å². The molecule has 0 unspecified atom stereocenters. The lowest BCUT2D eigenvalue weighted by Crippen LogP contribution is -2.37. The number of hydrogen-bond donors (Lipinski definition) is 1. The third-order valence-electron chi connectivity index (χ3n) is 3.80. The first-order valence-electron chi connectivity index (χ1n) is 8.40. The molecule has 0 aliphatic rings. The van der Waals surface area contributed by atoms with Crippen LogP contribution >= 0.6 is 35.0 Å². The maximum Gasteiger partial charge on any atom is 0.260 e. The molecule has 0 saturated heterocycles. The fourth-order valence-corrected chi connectivity index (χ4v) is 3.51. The van der Waals surface area contributed by atoms with Gasteiger partial charge < -0.3 is 10.1 Å².